The molecular weight excluding hydrogens is 443 g/mol. The molecule has 0 spiro atoms. The van der Waals surface area contributed by atoms with E-state index in [1.165, 1.54) is 16.5 Å². The standard InChI is InChI=1S/C31H27BN2O2/c1-18-10-15-26(34-20(18)3)22-12-14-24-30(17-22)36-28-9-5-8-27-31(28)32(24)23-13-11-21(16-29(23)35-27)25-7-4-6-19(2)33-25/h4-10,12,14-18,20H,11,13H2,1-3H3. The predicted molar refractivity (Wildman–Crippen MR) is 146 cm³/mol. The van der Waals surface area contributed by atoms with Crippen LogP contribution in [0.25, 0.3) is 5.57 Å². The third-order valence-electron chi connectivity index (χ3n) is 7.89. The van der Waals surface area contributed by atoms with Crippen LogP contribution in [0.5, 0.6) is 17.2 Å². The molecule has 0 bridgehead atoms. The first-order chi connectivity index (χ1) is 17.5. The van der Waals surface area contributed by atoms with Crippen LogP contribution in [0.2, 0.25) is 0 Å². The highest BCUT2D eigenvalue weighted by atomic mass is 16.5. The molecule has 3 aromatic rings. The number of ether oxygens (including phenoxy) is 2. The van der Waals surface area contributed by atoms with Crippen LogP contribution in [0.4, 0.5) is 0 Å². The molecule has 0 saturated carbocycles. The Morgan fingerprint density at radius 3 is 2.58 bits per heavy atom. The number of fused-ring (bicyclic) bond motifs is 3. The molecule has 0 fully saturated rings. The molecule has 2 atom stereocenters. The van der Waals surface area contributed by atoms with Crippen molar-refractivity contribution in [2.75, 3.05) is 0 Å². The molecule has 0 amide bonds. The molecule has 7 rings (SSSR count). The van der Waals surface area contributed by atoms with E-state index < -0.39 is 0 Å². The molecule has 176 valence electrons. The summed E-state index contributed by atoms with van der Waals surface area (Å²) >= 11 is 0. The molecule has 4 nitrogen and oxygen atoms in total. The van der Waals surface area contributed by atoms with E-state index in [2.05, 4.69) is 74.5 Å². The van der Waals surface area contributed by atoms with Crippen LogP contribution < -0.4 is 20.4 Å². The van der Waals surface area contributed by atoms with E-state index in [0.717, 1.165) is 64.0 Å². The summed E-state index contributed by atoms with van der Waals surface area (Å²) in [5, 5.41) is 0. The smallest absolute Gasteiger partial charge is 0.256 e. The first-order valence-corrected chi connectivity index (χ1v) is 12.8. The maximum Gasteiger partial charge on any atom is 0.256 e. The van der Waals surface area contributed by atoms with E-state index in [1.807, 2.05) is 19.1 Å². The Bertz CT molecular complexity index is 1550. The molecule has 0 radical (unpaired) electrons. The molecule has 1 aromatic heterocycles. The number of hydrogen-bond acceptors (Lipinski definition) is 4. The van der Waals surface area contributed by atoms with Crippen molar-refractivity contribution < 1.29 is 9.47 Å². The SMILES string of the molecule is Cc1cccc(C2=CC3=C(CC2)B2c4ccc(C5=NC(C)C(C)C=C5)cc4Oc4cccc(c42)O3)n1. The van der Waals surface area contributed by atoms with Crippen molar-refractivity contribution >= 4 is 28.9 Å². The van der Waals surface area contributed by atoms with Crippen LogP contribution >= 0.6 is 0 Å². The lowest BCUT2D eigenvalue weighted by Crippen LogP contribution is -2.51. The summed E-state index contributed by atoms with van der Waals surface area (Å²) in [4.78, 5) is 9.69. The summed E-state index contributed by atoms with van der Waals surface area (Å²) in [5.74, 6) is 4.08. The minimum absolute atomic E-state index is 0.129. The van der Waals surface area contributed by atoms with Gasteiger partial charge in [-0.3, -0.25) is 9.98 Å². The second-order valence-corrected chi connectivity index (χ2v) is 10.3. The summed E-state index contributed by atoms with van der Waals surface area (Å²) in [7, 11) is 0. The Balaban J connectivity index is 1.34. The first kappa shape index (κ1) is 21.4. The Morgan fingerprint density at radius 2 is 1.75 bits per heavy atom. The quantitative estimate of drug-likeness (QED) is 0.462. The lowest BCUT2D eigenvalue weighted by molar-refractivity contribution is 0.428. The second kappa shape index (κ2) is 8.09. The average molecular weight is 470 g/mol. The van der Waals surface area contributed by atoms with Crippen molar-refractivity contribution in [3.8, 4) is 17.2 Å². The fourth-order valence-corrected chi connectivity index (χ4v) is 5.74. The minimum Gasteiger partial charge on any atom is -0.459 e. The molecule has 36 heavy (non-hydrogen) atoms. The van der Waals surface area contributed by atoms with Crippen molar-refractivity contribution in [3.63, 3.8) is 0 Å². The molecule has 4 heterocycles. The zero-order valence-corrected chi connectivity index (χ0v) is 20.8. The van der Waals surface area contributed by atoms with Gasteiger partial charge in [0, 0.05) is 16.7 Å². The topological polar surface area (TPSA) is 43.7 Å². The third-order valence-corrected chi connectivity index (χ3v) is 7.89. The molecule has 3 aliphatic heterocycles. The van der Waals surface area contributed by atoms with Crippen molar-refractivity contribution in [1.29, 1.82) is 0 Å². The van der Waals surface area contributed by atoms with Crippen molar-refractivity contribution in [2.24, 2.45) is 10.9 Å². The van der Waals surface area contributed by atoms with Gasteiger partial charge < -0.3 is 9.47 Å². The van der Waals surface area contributed by atoms with E-state index >= 15 is 0 Å². The summed E-state index contributed by atoms with van der Waals surface area (Å²) in [5.41, 5.74) is 9.07. The highest BCUT2D eigenvalue weighted by molar-refractivity contribution is 6.93. The van der Waals surface area contributed by atoms with E-state index in [1.54, 1.807) is 0 Å². The largest absolute Gasteiger partial charge is 0.459 e. The van der Waals surface area contributed by atoms with Gasteiger partial charge in [0.25, 0.3) is 6.71 Å². The number of allylic oxidation sites excluding steroid dienone is 4. The molecule has 4 aliphatic rings. The van der Waals surface area contributed by atoms with Gasteiger partial charge >= 0.3 is 0 Å². The zero-order valence-electron chi connectivity index (χ0n) is 20.8. The van der Waals surface area contributed by atoms with Crippen molar-refractivity contribution in [1.82, 2.24) is 4.98 Å². The maximum atomic E-state index is 6.49. The zero-order chi connectivity index (χ0) is 24.4. The Hall–Kier alpha value is -3.86. The summed E-state index contributed by atoms with van der Waals surface area (Å²) in [6.07, 6.45) is 8.46. The molecule has 0 N–H and O–H groups in total. The molecule has 1 aliphatic carbocycles. The van der Waals surface area contributed by atoms with Gasteiger partial charge in [0.05, 0.1) is 17.4 Å². The number of aromatic nitrogens is 1. The Morgan fingerprint density at radius 1 is 0.917 bits per heavy atom. The fourth-order valence-electron chi connectivity index (χ4n) is 5.74. The van der Waals surface area contributed by atoms with Crippen LogP contribution in [-0.4, -0.2) is 23.5 Å². The van der Waals surface area contributed by atoms with Crippen LogP contribution in [-0.2, 0) is 0 Å². The van der Waals surface area contributed by atoms with Gasteiger partial charge in [-0.2, -0.15) is 0 Å². The Labute approximate surface area is 212 Å². The molecule has 2 unspecified atom stereocenters. The number of pyridine rings is 1. The van der Waals surface area contributed by atoms with Crippen LogP contribution in [0.15, 0.2) is 89.0 Å². The number of aryl methyl sites for hydroxylation is 1. The maximum absolute atomic E-state index is 6.49. The molecular formula is C31H27BN2O2. The minimum atomic E-state index is 0.129. The van der Waals surface area contributed by atoms with Gasteiger partial charge in [0.1, 0.15) is 23.0 Å². The lowest BCUT2D eigenvalue weighted by atomic mass is 9.33. The predicted octanol–water partition coefficient (Wildman–Crippen LogP) is 5.55. The fraction of sp³-hybridized carbons (Fsp3) is 0.226. The van der Waals surface area contributed by atoms with Crippen molar-refractivity contribution in [2.45, 2.75) is 39.7 Å². The highest BCUT2D eigenvalue weighted by Gasteiger charge is 2.42. The van der Waals surface area contributed by atoms with E-state index in [-0.39, 0.29) is 12.8 Å². The second-order valence-electron chi connectivity index (χ2n) is 10.3. The monoisotopic (exact) mass is 470 g/mol. The van der Waals surface area contributed by atoms with Gasteiger partial charge in [0.15, 0.2) is 0 Å². The number of aliphatic imine (C=N–C) groups is 1. The number of rotatable bonds is 2. The van der Waals surface area contributed by atoms with E-state index in [0.29, 0.717) is 5.92 Å². The molecule has 5 heteroatoms. The van der Waals surface area contributed by atoms with E-state index in [9.17, 15) is 0 Å². The Kier molecular flexibility index (Phi) is 4.82. The first-order valence-electron chi connectivity index (χ1n) is 12.8. The number of nitrogens with zero attached hydrogens (tertiary/aromatic N) is 2. The third kappa shape index (κ3) is 3.37. The normalized spacial score (nSPS) is 21.5. The number of hydrogen-bond donors (Lipinski definition) is 0. The van der Waals surface area contributed by atoms with Crippen molar-refractivity contribution in [3.05, 3.63) is 101 Å². The van der Waals surface area contributed by atoms with E-state index in [4.69, 9.17) is 19.5 Å². The van der Waals surface area contributed by atoms with Crippen LogP contribution in [0.1, 0.15) is 43.6 Å². The summed E-state index contributed by atoms with van der Waals surface area (Å²) < 4.78 is 13.0. The summed E-state index contributed by atoms with van der Waals surface area (Å²) in [6.45, 7) is 6.55. The lowest BCUT2D eigenvalue weighted by Gasteiger charge is -2.35. The van der Waals surface area contributed by atoms with Crippen LogP contribution in [0.3, 0.4) is 0 Å². The highest BCUT2D eigenvalue weighted by Crippen LogP contribution is 2.40. The summed E-state index contributed by atoms with van der Waals surface area (Å²) in [6, 6.07) is 19.2. The average Bonchev–Trinajstić information content (AvgIpc) is 2.89. The van der Waals surface area contributed by atoms with Gasteiger partial charge in [-0.1, -0.05) is 37.3 Å². The van der Waals surface area contributed by atoms with Gasteiger partial charge in [-0.05, 0) is 91.6 Å². The number of dihydropyridines is 1. The van der Waals surface area contributed by atoms with Gasteiger partial charge in [-0.15, -0.1) is 0 Å². The van der Waals surface area contributed by atoms with Crippen LogP contribution in [0, 0.1) is 12.8 Å². The van der Waals surface area contributed by atoms with Gasteiger partial charge in [-0.25, -0.2) is 0 Å². The molecule has 0 saturated heterocycles. The van der Waals surface area contributed by atoms with Gasteiger partial charge in [0.2, 0.25) is 0 Å². The number of benzene rings is 2. The molecule has 2 aromatic carbocycles.